The normalized spacial score (nSPS) is 10.9. The smallest absolute Gasteiger partial charge is 0.309 e. The van der Waals surface area contributed by atoms with Crippen LogP contribution in [0.4, 0.5) is 5.82 Å². The fourth-order valence-electron chi connectivity index (χ4n) is 4.89. The van der Waals surface area contributed by atoms with Crippen LogP contribution in [0.1, 0.15) is 21.5 Å². The predicted molar refractivity (Wildman–Crippen MR) is 165 cm³/mol. The number of esters is 1. The molecule has 0 aliphatic carbocycles. The molecule has 9 heteroatoms. The van der Waals surface area contributed by atoms with Crippen LogP contribution in [0.5, 0.6) is 0 Å². The van der Waals surface area contributed by atoms with Crippen LogP contribution in [0.3, 0.4) is 0 Å². The topological polar surface area (TPSA) is 125 Å². The van der Waals surface area contributed by atoms with E-state index in [0.29, 0.717) is 40.5 Å². The second-order valence-electron chi connectivity index (χ2n) is 9.91. The summed E-state index contributed by atoms with van der Waals surface area (Å²) in [4.78, 5) is 38.8. The summed E-state index contributed by atoms with van der Waals surface area (Å²) in [6, 6.07) is 32.3. The van der Waals surface area contributed by atoms with Crippen LogP contribution < -0.4 is 11.1 Å². The van der Waals surface area contributed by atoms with E-state index in [-0.39, 0.29) is 18.3 Å². The van der Waals surface area contributed by atoms with Crippen molar-refractivity contribution in [2.75, 3.05) is 12.8 Å². The molecular formula is C34H28N6O3. The molecule has 0 radical (unpaired) electrons. The van der Waals surface area contributed by atoms with Crippen molar-refractivity contribution in [3.63, 3.8) is 0 Å². The SMILES string of the molecule is COC(=O)Cc1cccc(CNC(=O)c2ccc(-n3c(-c4cccnc4N)nc4ccc(-c5ccccc5)nc43)cc2)c1. The number of benzene rings is 3. The number of imidazole rings is 1. The van der Waals surface area contributed by atoms with Crippen LogP contribution in [-0.4, -0.2) is 38.5 Å². The number of amides is 1. The van der Waals surface area contributed by atoms with Gasteiger partial charge in [0.1, 0.15) is 11.3 Å². The van der Waals surface area contributed by atoms with E-state index in [4.69, 9.17) is 20.4 Å². The molecule has 0 saturated heterocycles. The number of ether oxygens (including phenoxy) is 1. The van der Waals surface area contributed by atoms with Crippen LogP contribution in [0.2, 0.25) is 0 Å². The van der Waals surface area contributed by atoms with Gasteiger partial charge >= 0.3 is 5.97 Å². The summed E-state index contributed by atoms with van der Waals surface area (Å²) >= 11 is 0. The average molecular weight is 569 g/mol. The van der Waals surface area contributed by atoms with Gasteiger partial charge in [-0.15, -0.1) is 0 Å². The zero-order chi connectivity index (χ0) is 29.8. The summed E-state index contributed by atoms with van der Waals surface area (Å²) in [5.41, 5.74) is 13.1. The van der Waals surface area contributed by atoms with Crippen molar-refractivity contribution in [1.29, 1.82) is 0 Å². The first-order valence-corrected chi connectivity index (χ1v) is 13.7. The molecule has 9 nitrogen and oxygen atoms in total. The monoisotopic (exact) mass is 568 g/mol. The Morgan fingerprint density at radius 2 is 1.65 bits per heavy atom. The van der Waals surface area contributed by atoms with Gasteiger partial charge in [0.15, 0.2) is 11.5 Å². The number of anilines is 1. The Morgan fingerprint density at radius 1 is 0.860 bits per heavy atom. The van der Waals surface area contributed by atoms with Gasteiger partial charge in [-0.05, 0) is 59.7 Å². The van der Waals surface area contributed by atoms with Crippen molar-refractivity contribution in [2.45, 2.75) is 13.0 Å². The lowest BCUT2D eigenvalue weighted by molar-refractivity contribution is -0.139. The fraction of sp³-hybridized carbons (Fsp3) is 0.0882. The molecule has 0 unspecified atom stereocenters. The number of nitrogen functional groups attached to an aromatic ring is 1. The number of hydrogen-bond acceptors (Lipinski definition) is 7. The molecule has 43 heavy (non-hydrogen) atoms. The largest absolute Gasteiger partial charge is 0.469 e. The molecule has 1 amide bonds. The van der Waals surface area contributed by atoms with E-state index in [1.807, 2.05) is 95.6 Å². The number of aromatic nitrogens is 4. The van der Waals surface area contributed by atoms with Gasteiger partial charge in [0.05, 0.1) is 24.8 Å². The van der Waals surface area contributed by atoms with Crippen molar-refractivity contribution in [3.8, 4) is 28.3 Å². The third-order valence-electron chi connectivity index (χ3n) is 7.06. The Kier molecular flexibility index (Phi) is 7.60. The van der Waals surface area contributed by atoms with Gasteiger partial charge in [-0.2, -0.15) is 0 Å². The van der Waals surface area contributed by atoms with E-state index in [0.717, 1.165) is 28.1 Å². The molecule has 0 fully saturated rings. The van der Waals surface area contributed by atoms with Crippen LogP contribution >= 0.6 is 0 Å². The molecule has 6 rings (SSSR count). The summed E-state index contributed by atoms with van der Waals surface area (Å²) in [5.74, 6) is 0.422. The lowest BCUT2D eigenvalue weighted by atomic mass is 10.1. The highest BCUT2D eigenvalue weighted by Gasteiger charge is 2.19. The third-order valence-corrected chi connectivity index (χ3v) is 7.06. The molecule has 3 aromatic carbocycles. The second kappa shape index (κ2) is 12.0. The number of pyridine rings is 2. The molecule has 3 N–H and O–H groups in total. The second-order valence-corrected chi connectivity index (χ2v) is 9.91. The van der Waals surface area contributed by atoms with Crippen molar-refractivity contribution in [2.24, 2.45) is 0 Å². The number of carbonyl (C=O) groups excluding carboxylic acids is 2. The molecule has 0 bridgehead atoms. The Bertz CT molecular complexity index is 1930. The molecule has 0 spiro atoms. The summed E-state index contributed by atoms with van der Waals surface area (Å²) in [7, 11) is 1.36. The molecular weight excluding hydrogens is 540 g/mol. The van der Waals surface area contributed by atoms with Gasteiger partial charge in [-0.25, -0.2) is 15.0 Å². The molecule has 6 aromatic rings. The summed E-state index contributed by atoms with van der Waals surface area (Å²) in [6.07, 6.45) is 1.82. The minimum absolute atomic E-state index is 0.178. The van der Waals surface area contributed by atoms with Crippen LogP contribution in [0.25, 0.3) is 39.5 Å². The zero-order valence-electron chi connectivity index (χ0n) is 23.4. The van der Waals surface area contributed by atoms with Crippen LogP contribution in [0.15, 0.2) is 109 Å². The highest BCUT2D eigenvalue weighted by molar-refractivity contribution is 5.94. The first-order chi connectivity index (χ1) is 21.0. The first kappa shape index (κ1) is 27.3. The number of fused-ring (bicyclic) bond motifs is 1. The predicted octanol–water partition coefficient (Wildman–Crippen LogP) is 5.38. The van der Waals surface area contributed by atoms with Gasteiger partial charge in [0.25, 0.3) is 5.91 Å². The third kappa shape index (κ3) is 5.82. The van der Waals surface area contributed by atoms with E-state index in [9.17, 15) is 9.59 Å². The number of nitrogens with zero attached hydrogens (tertiary/aromatic N) is 4. The summed E-state index contributed by atoms with van der Waals surface area (Å²) in [6.45, 7) is 0.318. The van der Waals surface area contributed by atoms with Gasteiger partial charge in [-0.3, -0.25) is 14.2 Å². The highest BCUT2D eigenvalue weighted by Crippen LogP contribution is 2.31. The van der Waals surface area contributed by atoms with E-state index in [2.05, 4.69) is 10.3 Å². The van der Waals surface area contributed by atoms with E-state index in [1.54, 1.807) is 18.3 Å². The molecule has 3 heterocycles. The quantitative estimate of drug-likeness (QED) is 0.236. The number of rotatable bonds is 8. The maximum Gasteiger partial charge on any atom is 0.309 e. The minimum atomic E-state index is -0.312. The van der Waals surface area contributed by atoms with E-state index < -0.39 is 0 Å². The number of carbonyl (C=O) groups is 2. The number of methoxy groups -OCH3 is 1. The van der Waals surface area contributed by atoms with E-state index >= 15 is 0 Å². The van der Waals surface area contributed by atoms with Crippen molar-refractivity contribution in [3.05, 3.63) is 126 Å². The van der Waals surface area contributed by atoms with Crippen molar-refractivity contribution >= 4 is 28.9 Å². The Balaban J connectivity index is 1.31. The van der Waals surface area contributed by atoms with Crippen molar-refractivity contribution < 1.29 is 14.3 Å². The van der Waals surface area contributed by atoms with Gasteiger partial charge < -0.3 is 15.8 Å². The average Bonchev–Trinajstić information content (AvgIpc) is 3.43. The molecule has 212 valence electrons. The molecule has 0 atom stereocenters. The van der Waals surface area contributed by atoms with Crippen LogP contribution in [-0.2, 0) is 22.5 Å². The standard InChI is InChI=1S/C34H28N6O3/c1-43-30(41)20-22-7-5-8-23(19-22)21-37-34(42)25-12-14-26(15-13-25)40-32(27-11-6-18-36-31(27)35)39-29-17-16-28(38-33(29)40)24-9-3-2-4-10-24/h2-19H,20-21H2,1H3,(H2,35,36)(H,37,42). The Labute approximate surface area is 248 Å². The van der Waals surface area contributed by atoms with Crippen molar-refractivity contribution in [1.82, 2.24) is 24.8 Å². The number of nitrogens with two attached hydrogens (primary N) is 1. The maximum absolute atomic E-state index is 13.0. The molecule has 0 aliphatic heterocycles. The van der Waals surface area contributed by atoms with E-state index in [1.165, 1.54) is 7.11 Å². The number of hydrogen-bond donors (Lipinski definition) is 2. The zero-order valence-corrected chi connectivity index (χ0v) is 23.4. The lowest BCUT2D eigenvalue weighted by Gasteiger charge is -2.12. The van der Waals surface area contributed by atoms with Gasteiger partial charge in [-0.1, -0.05) is 54.6 Å². The molecule has 0 saturated carbocycles. The first-order valence-electron chi connectivity index (χ1n) is 13.7. The van der Waals surface area contributed by atoms with Gasteiger partial charge in [0, 0.05) is 29.6 Å². The lowest BCUT2D eigenvalue weighted by Crippen LogP contribution is -2.22. The maximum atomic E-state index is 13.0. The highest BCUT2D eigenvalue weighted by atomic mass is 16.5. The minimum Gasteiger partial charge on any atom is -0.469 e. The molecule has 3 aromatic heterocycles. The van der Waals surface area contributed by atoms with Gasteiger partial charge in [0.2, 0.25) is 0 Å². The Morgan fingerprint density at radius 3 is 2.42 bits per heavy atom. The number of nitrogens with one attached hydrogen (secondary N) is 1. The van der Waals surface area contributed by atoms with Crippen LogP contribution in [0, 0.1) is 0 Å². The molecule has 0 aliphatic rings. The summed E-state index contributed by atoms with van der Waals surface area (Å²) < 4.78 is 6.68. The fourth-order valence-corrected chi connectivity index (χ4v) is 4.89. The summed E-state index contributed by atoms with van der Waals surface area (Å²) in [5, 5.41) is 2.95. The Hall–Kier alpha value is -5.83.